The van der Waals surface area contributed by atoms with Crippen LogP contribution in [0.15, 0.2) is 54.6 Å². The summed E-state index contributed by atoms with van der Waals surface area (Å²) in [5, 5.41) is 11.6. The van der Waals surface area contributed by atoms with E-state index in [0.717, 1.165) is 5.56 Å². The zero-order valence-electron chi connectivity index (χ0n) is 11.7. The smallest absolute Gasteiger partial charge is 0.251 e. The lowest BCUT2D eigenvalue weighted by Crippen LogP contribution is -2.29. The molecule has 0 bridgehead atoms. The largest absolute Gasteiger partial charge is 0.375 e. The highest BCUT2D eigenvalue weighted by molar-refractivity contribution is 5.94. The van der Waals surface area contributed by atoms with E-state index in [1.54, 1.807) is 31.4 Å². The molecule has 2 aromatic rings. The quantitative estimate of drug-likeness (QED) is 0.916. The Morgan fingerprint density at radius 2 is 1.86 bits per heavy atom. The van der Waals surface area contributed by atoms with Gasteiger partial charge in [0.2, 0.25) is 0 Å². The maximum Gasteiger partial charge on any atom is 0.251 e. The molecule has 1 unspecified atom stereocenters. The standard InChI is InChI=1S/C17H16N2O2/c1-21-16(14-5-3-2-4-6-14)12-19-17(20)15-9-7-13(11-18)8-10-15/h2-10,16H,12H2,1H3,(H,19,20). The predicted octanol–water partition coefficient (Wildman–Crippen LogP) is 2.68. The molecule has 1 atom stereocenters. The third kappa shape index (κ3) is 3.91. The maximum absolute atomic E-state index is 12.0. The van der Waals surface area contributed by atoms with Crippen molar-refractivity contribution in [2.75, 3.05) is 13.7 Å². The van der Waals surface area contributed by atoms with Gasteiger partial charge in [-0.1, -0.05) is 30.3 Å². The summed E-state index contributed by atoms with van der Waals surface area (Å²) in [5.41, 5.74) is 2.07. The van der Waals surface area contributed by atoms with Crippen molar-refractivity contribution in [3.05, 3.63) is 71.3 Å². The number of carbonyl (C=O) groups excluding carboxylic acids is 1. The number of rotatable bonds is 5. The van der Waals surface area contributed by atoms with E-state index in [9.17, 15) is 4.79 Å². The van der Waals surface area contributed by atoms with Gasteiger partial charge in [0, 0.05) is 19.2 Å². The van der Waals surface area contributed by atoms with Crippen LogP contribution in [-0.4, -0.2) is 19.6 Å². The zero-order valence-corrected chi connectivity index (χ0v) is 11.7. The molecular formula is C17H16N2O2. The number of amides is 1. The molecular weight excluding hydrogens is 264 g/mol. The van der Waals surface area contributed by atoms with Gasteiger partial charge < -0.3 is 10.1 Å². The number of hydrogen-bond acceptors (Lipinski definition) is 3. The van der Waals surface area contributed by atoms with E-state index >= 15 is 0 Å². The van der Waals surface area contributed by atoms with Crippen LogP contribution in [0, 0.1) is 11.3 Å². The monoisotopic (exact) mass is 280 g/mol. The molecule has 4 heteroatoms. The Balaban J connectivity index is 1.97. The van der Waals surface area contributed by atoms with Gasteiger partial charge in [0.05, 0.1) is 17.7 Å². The first-order valence-electron chi connectivity index (χ1n) is 6.60. The fourth-order valence-corrected chi connectivity index (χ4v) is 1.99. The molecule has 21 heavy (non-hydrogen) atoms. The van der Waals surface area contributed by atoms with Crippen molar-refractivity contribution in [3.8, 4) is 6.07 Å². The number of methoxy groups -OCH3 is 1. The Hall–Kier alpha value is -2.64. The molecule has 0 saturated carbocycles. The second-order valence-electron chi connectivity index (χ2n) is 4.53. The summed E-state index contributed by atoms with van der Waals surface area (Å²) < 4.78 is 5.40. The molecule has 2 aromatic carbocycles. The highest BCUT2D eigenvalue weighted by atomic mass is 16.5. The van der Waals surface area contributed by atoms with Crippen LogP contribution in [0.3, 0.4) is 0 Å². The van der Waals surface area contributed by atoms with Crippen molar-refractivity contribution in [2.24, 2.45) is 0 Å². The van der Waals surface area contributed by atoms with Crippen molar-refractivity contribution in [3.63, 3.8) is 0 Å². The van der Waals surface area contributed by atoms with Gasteiger partial charge in [0.25, 0.3) is 5.91 Å². The van der Waals surface area contributed by atoms with Gasteiger partial charge in [-0.2, -0.15) is 5.26 Å². The molecule has 106 valence electrons. The second-order valence-corrected chi connectivity index (χ2v) is 4.53. The van der Waals surface area contributed by atoms with E-state index in [1.165, 1.54) is 0 Å². The SMILES string of the molecule is COC(CNC(=O)c1ccc(C#N)cc1)c1ccccc1. The number of carbonyl (C=O) groups is 1. The Morgan fingerprint density at radius 1 is 1.19 bits per heavy atom. The van der Waals surface area contributed by atoms with Crippen LogP contribution in [-0.2, 0) is 4.74 Å². The number of nitrogens with one attached hydrogen (secondary N) is 1. The summed E-state index contributed by atoms with van der Waals surface area (Å²) in [6, 6.07) is 18.3. The van der Waals surface area contributed by atoms with Crippen molar-refractivity contribution >= 4 is 5.91 Å². The molecule has 0 aromatic heterocycles. The topological polar surface area (TPSA) is 62.1 Å². The second kappa shape index (κ2) is 7.22. The molecule has 0 aliphatic heterocycles. The Bertz CT molecular complexity index is 630. The summed E-state index contributed by atoms with van der Waals surface area (Å²) >= 11 is 0. The first-order valence-corrected chi connectivity index (χ1v) is 6.60. The summed E-state index contributed by atoms with van der Waals surface area (Å²) in [4.78, 5) is 12.0. The van der Waals surface area contributed by atoms with Crippen LogP contribution < -0.4 is 5.32 Å². The first kappa shape index (κ1) is 14.8. The van der Waals surface area contributed by atoms with Gasteiger partial charge in [0.15, 0.2) is 0 Å². The summed E-state index contributed by atoms with van der Waals surface area (Å²) in [7, 11) is 1.62. The minimum Gasteiger partial charge on any atom is -0.375 e. The van der Waals surface area contributed by atoms with Crippen LogP contribution in [0.5, 0.6) is 0 Å². The molecule has 0 radical (unpaired) electrons. The number of nitriles is 1. The predicted molar refractivity (Wildman–Crippen MR) is 79.7 cm³/mol. The Morgan fingerprint density at radius 3 is 2.43 bits per heavy atom. The average Bonchev–Trinajstić information content (AvgIpc) is 2.56. The summed E-state index contributed by atoms with van der Waals surface area (Å²) in [6.07, 6.45) is -0.187. The molecule has 4 nitrogen and oxygen atoms in total. The number of nitrogens with zero attached hydrogens (tertiary/aromatic N) is 1. The number of benzene rings is 2. The van der Waals surface area contributed by atoms with Crippen LogP contribution in [0.4, 0.5) is 0 Å². The van der Waals surface area contributed by atoms with E-state index in [4.69, 9.17) is 10.00 Å². The van der Waals surface area contributed by atoms with Gasteiger partial charge in [-0.3, -0.25) is 4.79 Å². The van der Waals surface area contributed by atoms with Gasteiger partial charge in [-0.05, 0) is 29.8 Å². The molecule has 0 saturated heterocycles. The molecule has 2 rings (SSSR count). The molecule has 0 spiro atoms. The molecule has 0 aliphatic carbocycles. The maximum atomic E-state index is 12.0. The van der Waals surface area contributed by atoms with Crippen molar-refractivity contribution < 1.29 is 9.53 Å². The van der Waals surface area contributed by atoms with Crippen LogP contribution in [0.1, 0.15) is 27.6 Å². The van der Waals surface area contributed by atoms with Gasteiger partial charge in [0.1, 0.15) is 0 Å². The van der Waals surface area contributed by atoms with E-state index in [2.05, 4.69) is 5.32 Å². The van der Waals surface area contributed by atoms with E-state index in [-0.39, 0.29) is 12.0 Å². The number of hydrogen-bond donors (Lipinski definition) is 1. The Labute approximate surface area is 124 Å². The third-order valence-electron chi connectivity index (χ3n) is 3.18. The zero-order chi connectivity index (χ0) is 15.1. The first-order chi connectivity index (χ1) is 10.2. The van der Waals surface area contributed by atoms with Crippen molar-refractivity contribution in [1.82, 2.24) is 5.32 Å². The molecule has 1 amide bonds. The highest BCUT2D eigenvalue weighted by Gasteiger charge is 2.12. The van der Waals surface area contributed by atoms with E-state index < -0.39 is 0 Å². The summed E-state index contributed by atoms with van der Waals surface area (Å²) in [6.45, 7) is 0.388. The van der Waals surface area contributed by atoms with Crippen LogP contribution >= 0.6 is 0 Å². The number of ether oxygens (including phenoxy) is 1. The Kier molecular flexibility index (Phi) is 5.08. The summed E-state index contributed by atoms with van der Waals surface area (Å²) in [5.74, 6) is -0.183. The molecule has 1 N–H and O–H groups in total. The molecule has 0 aliphatic rings. The normalized spacial score (nSPS) is 11.4. The van der Waals surface area contributed by atoms with Crippen molar-refractivity contribution in [2.45, 2.75) is 6.10 Å². The fraction of sp³-hybridized carbons (Fsp3) is 0.176. The lowest BCUT2D eigenvalue weighted by Gasteiger charge is -2.16. The van der Waals surface area contributed by atoms with Crippen LogP contribution in [0.2, 0.25) is 0 Å². The lowest BCUT2D eigenvalue weighted by atomic mass is 10.1. The van der Waals surface area contributed by atoms with Gasteiger partial charge in [-0.25, -0.2) is 0 Å². The van der Waals surface area contributed by atoms with Crippen LogP contribution in [0.25, 0.3) is 0 Å². The highest BCUT2D eigenvalue weighted by Crippen LogP contribution is 2.15. The van der Waals surface area contributed by atoms with E-state index in [1.807, 2.05) is 36.4 Å². The molecule has 0 heterocycles. The average molecular weight is 280 g/mol. The molecule has 0 fully saturated rings. The third-order valence-corrected chi connectivity index (χ3v) is 3.18. The van der Waals surface area contributed by atoms with Gasteiger partial charge in [-0.15, -0.1) is 0 Å². The van der Waals surface area contributed by atoms with Gasteiger partial charge >= 0.3 is 0 Å². The van der Waals surface area contributed by atoms with Crippen molar-refractivity contribution in [1.29, 1.82) is 5.26 Å². The fourth-order valence-electron chi connectivity index (χ4n) is 1.99. The lowest BCUT2D eigenvalue weighted by molar-refractivity contribution is 0.0828. The van der Waals surface area contributed by atoms with E-state index in [0.29, 0.717) is 17.7 Å². The minimum atomic E-state index is -0.187. The minimum absolute atomic E-state index is 0.183.